The van der Waals surface area contributed by atoms with E-state index in [1.54, 1.807) is 4.68 Å². The van der Waals surface area contributed by atoms with Crippen molar-refractivity contribution in [1.82, 2.24) is 24.5 Å². The molecule has 0 N–H and O–H groups in total. The summed E-state index contributed by atoms with van der Waals surface area (Å²) in [5, 5.41) is 9.06. The van der Waals surface area contributed by atoms with Crippen LogP contribution in [0, 0.1) is 25.7 Å². The number of rotatable bonds is 2. The molecule has 1 aliphatic heterocycles. The number of likely N-dealkylation sites (tertiary alicyclic amines) is 1. The maximum Gasteiger partial charge on any atom is 0.272 e. The number of hydrogen-bond acceptors (Lipinski definition) is 3. The fraction of sp³-hybridized carbons (Fsp3) is 0.526. The number of aromatic nitrogens is 4. The maximum absolute atomic E-state index is 13.1. The van der Waals surface area contributed by atoms with Crippen molar-refractivity contribution in [2.24, 2.45) is 25.9 Å². The Bertz CT molecular complexity index is 844. The summed E-state index contributed by atoms with van der Waals surface area (Å²) in [6, 6.07) is 1.92. The van der Waals surface area contributed by atoms with Gasteiger partial charge in [-0.05, 0) is 44.6 Å². The second kappa shape index (κ2) is 5.86. The zero-order valence-corrected chi connectivity index (χ0v) is 15.4. The second-order valence-electron chi connectivity index (χ2n) is 7.38. The van der Waals surface area contributed by atoms with Gasteiger partial charge in [-0.3, -0.25) is 14.2 Å². The first kappa shape index (κ1) is 16.1. The van der Waals surface area contributed by atoms with Crippen LogP contribution in [0.1, 0.15) is 34.7 Å². The molecule has 4 rings (SSSR count). The van der Waals surface area contributed by atoms with Crippen molar-refractivity contribution >= 4 is 5.91 Å². The first-order valence-corrected chi connectivity index (χ1v) is 8.94. The van der Waals surface area contributed by atoms with Gasteiger partial charge in [-0.15, -0.1) is 0 Å². The van der Waals surface area contributed by atoms with Gasteiger partial charge >= 0.3 is 0 Å². The SMILES string of the molecule is Cc1nn(C)c(C)c1-c1cc(C(=O)N2C[C@H]3CC=CC[C@H]3C2)n(C)n1. The predicted molar refractivity (Wildman–Crippen MR) is 96.1 cm³/mol. The lowest BCUT2D eigenvalue weighted by atomic mass is 9.86. The molecule has 25 heavy (non-hydrogen) atoms. The standard InChI is InChI=1S/C19H25N5O/c1-12-18(13(2)22(3)20-12)16-9-17(23(4)21-16)19(25)24-10-14-7-5-6-8-15(14)11-24/h5-6,9,14-15H,7-8,10-11H2,1-4H3/t14-,15+. The molecule has 2 aromatic rings. The van der Waals surface area contributed by atoms with Crippen LogP contribution in [0.2, 0.25) is 0 Å². The van der Waals surface area contributed by atoms with Crippen LogP contribution in [0.4, 0.5) is 0 Å². The van der Waals surface area contributed by atoms with Crippen molar-refractivity contribution in [3.8, 4) is 11.3 Å². The minimum Gasteiger partial charge on any atom is -0.337 e. The summed E-state index contributed by atoms with van der Waals surface area (Å²) >= 11 is 0. The van der Waals surface area contributed by atoms with Gasteiger partial charge in [0.05, 0.1) is 11.4 Å². The van der Waals surface area contributed by atoms with Gasteiger partial charge in [-0.25, -0.2) is 0 Å². The van der Waals surface area contributed by atoms with Crippen molar-refractivity contribution in [3.63, 3.8) is 0 Å². The van der Waals surface area contributed by atoms with Crippen molar-refractivity contribution in [2.75, 3.05) is 13.1 Å². The van der Waals surface area contributed by atoms with Crippen LogP contribution in [-0.2, 0) is 14.1 Å². The molecule has 2 aliphatic rings. The Morgan fingerprint density at radius 1 is 1.04 bits per heavy atom. The van der Waals surface area contributed by atoms with Crippen LogP contribution in [0.5, 0.6) is 0 Å². The lowest BCUT2D eigenvalue weighted by Crippen LogP contribution is -2.30. The smallest absolute Gasteiger partial charge is 0.272 e. The van der Waals surface area contributed by atoms with Crippen LogP contribution in [-0.4, -0.2) is 43.5 Å². The first-order valence-electron chi connectivity index (χ1n) is 8.94. The molecule has 1 aliphatic carbocycles. The highest BCUT2D eigenvalue weighted by Crippen LogP contribution is 2.34. The van der Waals surface area contributed by atoms with E-state index in [1.165, 1.54) is 0 Å². The van der Waals surface area contributed by atoms with Gasteiger partial charge in [0.1, 0.15) is 5.69 Å². The van der Waals surface area contributed by atoms with Gasteiger partial charge in [0.25, 0.3) is 5.91 Å². The molecular formula is C19H25N5O. The number of amides is 1. The molecule has 1 amide bonds. The van der Waals surface area contributed by atoms with Gasteiger partial charge in [0.15, 0.2) is 0 Å². The molecule has 132 valence electrons. The van der Waals surface area contributed by atoms with Gasteiger partial charge in [0, 0.05) is 38.4 Å². The zero-order valence-electron chi connectivity index (χ0n) is 15.4. The Balaban J connectivity index is 1.61. The van der Waals surface area contributed by atoms with Crippen LogP contribution in [0.3, 0.4) is 0 Å². The number of fused-ring (bicyclic) bond motifs is 1. The van der Waals surface area contributed by atoms with Crippen molar-refractivity contribution in [3.05, 3.63) is 35.3 Å². The third-order valence-corrected chi connectivity index (χ3v) is 5.77. The van der Waals surface area contributed by atoms with E-state index in [0.717, 1.165) is 48.6 Å². The van der Waals surface area contributed by atoms with E-state index >= 15 is 0 Å². The molecule has 0 radical (unpaired) electrons. The third kappa shape index (κ3) is 2.60. The maximum atomic E-state index is 13.1. The molecule has 1 saturated heterocycles. The summed E-state index contributed by atoms with van der Waals surface area (Å²) in [6.45, 7) is 5.74. The first-order chi connectivity index (χ1) is 12.0. The minimum absolute atomic E-state index is 0.0925. The number of hydrogen-bond donors (Lipinski definition) is 0. The van der Waals surface area contributed by atoms with E-state index in [1.807, 2.05) is 43.6 Å². The largest absolute Gasteiger partial charge is 0.337 e. The topological polar surface area (TPSA) is 56.0 Å². The second-order valence-corrected chi connectivity index (χ2v) is 7.38. The molecule has 3 heterocycles. The van der Waals surface area contributed by atoms with E-state index in [0.29, 0.717) is 17.5 Å². The average molecular weight is 339 g/mol. The molecule has 2 atom stereocenters. The number of carbonyl (C=O) groups excluding carboxylic acids is 1. The number of nitrogens with zero attached hydrogens (tertiary/aromatic N) is 5. The fourth-order valence-corrected chi connectivity index (χ4v) is 4.28. The van der Waals surface area contributed by atoms with E-state index in [9.17, 15) is 4.79 Å². The van der Waals surface area contributed by atoms with E-state index < -0.39 is 0 Å². The Morgan fingerprint density at radius 2 is 1.68 bits per heavy atom. The number of aryl methyl sites for hydroxylation is 3. The Morgan fingerprint density at radius 3 is 2.24 bits per heavy atom. The highest BCUT2D eigenvalue weighted by atomic mass is 16.2. The Hall–Kier alpha value is -2.37. The minimum atomic E-state index is 0.0925. The third-order valence-electron chi connectivity index (χ3n) is 5.77. The predicted octanol–water partition coefficient (Wildman–Crippen LogP) is 2.48. The quantitative estimate of drug-likeness (QED) is 0.790. The van der Waals surface area contributed by atoms with Gasteiger partial charge in [-0.2, -0.15) is 10.2 Å². The zero-order chi connectivity index (χ0) is 17.7. The van der Waals surface area contributed by atoms with Crippen molar-refractivity contribution in [2.45, 2.75) is 26.7 Å². The van der Waals surface area contributed by atoms with Gasteiger partial charge in [0.2, 0.25) is 0 Å². The van der Waals surface area contributed by atoms with Crippen molar-refractivity contribution in [1.29, 1.82) is 0 Å². The number of carbonyl (C=O) groups is 1. The highest BCUT2D eigenvalue weighted by molar-refractivity contribution is 5.94. The summed E-state index contributed by atoms with van der Waals surface area (Å²) in [5.41, 5.74) is 4.51. The molecule has 0 spiro atoms. The molecule has 2 aromatic heterocycles. The molecule has 0 aromatic carbocycles. The molecule has 0 unspecified atom stereocenters. The van der Waals surface area contributed by atoms with E-state index in [-0.39, 0.29) is 5.91 Å². The molecule has 6 nitrogen and oxygen atoms in total. The highest BCUT2D eigenvalue weighted by Gasteiger charge is 2.36. The van der Waals surface area contributed by atoms with Gasteiger partial charge < -0.3 is 4.90 Å². The van der Waals surface area contributed by atoms with Crippen LogP contribution < -0.4 is 0 Å². The lowest BCUT2D eigenvalue weighted by Gasteiger charge is -2.17. The van der Waals surface area contributed by atoms with Crippen LogP contribution >= 0.6 is 0 Å². The summed E-state index contributed by atoms with van der Waals surface area (Å²) < 4.78 is 3.57. The Labute approximate surface area is 148 Å². The summed E-state index contributed by atoms with van der Waals surface area (Å²) in [5.74, 6) is 1.32. The molecule has 1 fully saturated rings. The molecule has 0 saturated carbocycles. The lowest BCUT2D eigenvalue weighted by molar-refractivity contribution is 0.0773. The molecule has 6 heteroatoms. The van der Waals surface area contributed by atoms with Crippen LogP contribution in [0.15, 0.2) is 18.2 Å². The van der Waals surface area contributed by atoms with E-state index in [2.05, 4.69) is 22.3 Å². The fourth-order valence-electron chi connectivity index (χ4n) is 4.28. The number of allylic oxidation sites excluding steroid dienone is 2. The summed E-state index contributed by atoms with van der Waals surface area (Å²) in [6.07, 6.45) is 6.70. The summed E-state index contributed by atoms with van der Waals surface area (Å²) in [7, 11) is 3.78. The monoisotopic (exact) mass is 339 g/mol. The van der Waals surface area contributed by atoms with E-state index in [4.69, 9.17) is 0 Å². The normalized spacial score (nSPS) is 22.5. The Kier molecular flexibility index (Phi) is 3.78. The summed E-state index contributed by atoms with van der Waals surface area (Å²) in [4.78, 5) is 15.1. The molecule has 0 bridgehead atoms. The van der Waals surface area contributed by atoms with Crippen molar-refractivity contribution < 1.29 is 4.79 Å². The van der Waals surface area contributed by atoms with Crippen LogP contribution in [0.25, 0.3) is 11.3 Å². The molecular weight excluding hydrogens is 314 g/mol. The average Bonchev–Trinajstić information content (AvgIpc) is 3.23. The van der Waals surface area contributed by atoms with Gasteiger partial charge in [-0.1, -0.05) is 12.2 Å².